The van der Waals surface area contributed by atoms with Crippen LogP contribution in [-0.2, 0) is 14.3 Å². The Kier molecular flexibility index (Phi) is 6.16. The Morgan fingerprint density at radius 2 is 1.57 bits per heavy atom. The highest BCUT2D eigenvalue weighted by Crippen LogP contribution is 2.47. The number of hydrogen-bond donors (Lipinski definition) is 0. The highest BCUT2D eigenvalue weighted by atomic mass is 16.6. The van der Waals surface area contributed by atoms with E-state index in [0.29, 0.717) is 38.9 Å². The number of carbonyl (C=O) groups is 3. The normalized spacial score (nSPS) is 22.4. The van der Waals surface area contributed by atoms with Gasteiger partial charge in [0, 0.05) is 31.0 Å². The van der Waals surface area contributed by atoms with Gasteiger partial charge in [-0.1, -0.05) is 6.08 Å². The van der Waals surface area contributed by atoms with Crippen molar-refractivity contribution in [2.75, 3.05) is 19.6 Å². The monoisotopic (exact) mass is 394 g/mol. The third kappa shape index (κ3) is 5.06. The first kappa shape index (κ1) is 22.2. The number of ether oxygens (including phenoxy) is 2. The molecule has 1 atom stereocenters. The fourth-order valence-corrected chi connectivity index (χ4v) is 3.91. The lowest BCUT2D eigenvalue weighted by Gasteiger charge is -2.41. The van der Waals surface area contributed by atoms with Gasteiger partial charge in [0.15, 0.2) is 0 Å². The summed E-state index contributed by atoms with van der Waals surface area (Å²) in [5, 5.41) is 0. The summed E-state index contributed by atoms with van der Waals surface area (Å²) >= 11 is 0. The van der Waals surface area contributed by atoms with E-state index in [-0.39, 0.29) is 23.3 Å². The Labute approximate surface area is 168 Å². The van der Waals surface area contributed by atoms with E-state index in [4.69, 9.17) is 9.47 Å². The number of nitrogens with zero attached hydrogens (tertiary/aromatic N) is 2. The van der Waals surface area contributed by atoms with Gasteiger partial charge in [0.2, 0.25) is 5.91 Å². The lowest BCUT2D eigenvalue weighted by molar-refractivity contribution is -0.131. The van der Waals surface area contributed by atoms with E-state index in [1.807, 2.05) is 20.8 Å². The molecular weight excluding hydrogens is 360 g/mol. The standard InChI is InChI=1S/C21H34N2O5/c1-8-9-15-16(24)23(18(26)28-20(5,6)7)14-21(15)10-12-22(13-11-21)17(25)27-19(2,3)4/h8,15H,1,9-14H2,2-7H3/t15-/m1/s1. The number of rotatable bonds is 2. The molecule has 1 spiro atoms. The number of piperidine rings is 1. The quantitative estimate of drug-likeness (QED) is 0.662. The maximum atomic E-state index is 13.0. The first-order valence-electron chi connectivity index (χ1n) is 9.91. The van der Waals surface area contributed by atoms with Crippen molar-refractivity contribution in [3.8, 4) is 0 Å². The second-order valence-electron chi connectivity index (χ2n) is 9.81. The Morgan fingerprint density at radius 3 is 2.04 bits per heavy atom. The second-order valence-corrected chi connectivity index (χ2v) is 9.81. The van der Waals surface area contributed by atoms with E-state index in [0.717, 1.165) is 0 Å². The van der Waals surface area contributed by atoms with E-state index in [2.05, 4.69) is 6.58 Å². The highest BCUT2D eigenvalue weighted by molar-refractivity contribution is 5.96. The summed E-state index contributed by atoms with van der Waals surface area (Å²) in [6.07, 6.45) is 2.56. The van der Waals surface area contributed by atoms with Crippen molar-refractivity contribution >= 4 is 18.1 Å². The van der Waals surface area contributed by atoms with Crippen LogP contribution in [-0.4, -0.2) is 58.7 Å². The minimum Gasteiger partial charge on any atom is -0.444 e. The largest absolute Gasteiger partial charge is 0.444 e. The Hall–Kier alpha value is -2.05. The molecule has 0 aromatic carbocycles. The fraction of sp³-hybridized carbons (Fsp3) is 0.762. The number of amides is 3. The average Bonchev–Trinajstić information content (AvgIpc) is 2.79. The van der Waals surface area contributed by atoms with E-state index in [1.54, 1.807) is 31.7 Å². The number of allylic oxidation sites excluding steroid dienone is 1. The van der Waals surface area contributed by atoms with E-state index in [9.17, 15) is 14.4 Å². The molecule has 158 valence electrons. The molecule has 2 aliphatic rings. The summed E-state index contributed by atoms with van der Waals surface area (Å²) in [6, 6.07) is 0. The van der Waals surface area contributed by atoms with Crippen molar-refractivity contribution < 1.29 is 23.9 Å². The van der Waals surface area contributed by atoms with Crippen LogP contribution in [0.4, 0.5) is 9.59 Å². The van der Waals surface area contributed by atoms with Crippen LogP contribution in [0.3, 0.4) is 0 Å². The molecule has 2 saturated heterocycles. The van der Waals surface area contributed by atoms with E-state index in [1.165, 1.54) is 4.90 Å². The molecule has 2 rings (SSSR count). The fourth-order valence-electron chi connectivity index (χ4n) is 3.91. The lowest BCUT2D eigenvalue weighted by Crippen LogP contribution is -2.48. The zero-order chi connectivity index (χ0) is 21.3. The molecule has 2 fully saturated rings. The van der Waals surface area contributed by atoms with Crippen molar-refractivity contribution in [1.29, 1.82) is 0 Å². The number of likely N-dealkylation sites (tertiary alicyclic amines) is 2. The third-order valence-corrected chi connectivity index (χ3v) is 5.20. The number of hydrogen-bond acceptors (Lipinski definition) is 5. The van der Waals surface area contributed by atoms with Gasteiger partial charge in [-0.25, -0.2) is 14.5 Å². The SMILES string of the molecule is C=CC[C@@H]1C(=O)N(C(=O)OC(C)(C)C)CC12CCN(C(=O)OC(C)(C)C)CC2. The van der Waals surface area contributed by atoms with E-state index >= 15 is 0 Å². The van der Waals surface area contributed by atoms with Crippen LogP contribution < -0.4 is 0 Å². The van der Waals surface area contributed by atoms with Gasteiger partial charge in [-0.2, -0.15) is 0 Å². The van der Waals surface area contributed by atoms with Crippen LogP contribution in [0.5, 0.6) is 0 Å². The van der Waals surface area contributed by atoms with Crippen molar-refractivity contribution in [3.05, 3.63) is 12.7 Å². The van der Waals surface area contributed by atoms with Crippen molar-refractivity contribution in [2.45, 2.75) is 72.0 Å². The van der Waals surface area contributed by atoms with Crippen molar-refractivity contribution in [1.82, 2.24) is 9.80 Å². The summed E-state index contributed by atoms with van der Waals surface area (Å²) in [7, 11) is 0. The maximum absolute atomic E-state index is 13.0. The van der Waals surface area contributed by atoms with Crippen LogP contribution in [0.15, 0.2) is 12.7 Å². The van der Waals surface area contributed by atoms with Gasteiger partial charge in [-0.3, -0.25) is 4.79 Å². The molecule has 3 amide bonds. The molecule has 0 aromatic rings. The van der Waals surface area contributed by atoms with E-state index < -0.39 is 17.3 Å². The maximum Gasteiger partial charge on any atom is 0.417 e. The highest BCUT2D eigenvalue weighted by Gasteiger charge is 2.55. The summed E-state index contributed by atoms with van der Waals surface area (Å²) in [5.41, 5.74) is -1.57. The molecule has 0 unspecified atom stereocenters. The number of imide groups is 1. The molecule has 28 heavy (non-hydrogen) atoms. The topological polar surface area (TPSA) is 76.2 Å². The van der Waals surface area contributed by atoms with Gasteiger partial charge in [0.25, 0.3) is 0 Å². The zero-order valence-corrected chi connectivity index (χ0v) is 18.0. The summed E-state index contributed by atoms with van der Waals surface area (Å²) < 4.78 is 10.9. The van der Waals surface area contributed by atoms with Gasteiger partial charge >= 0.3 is 12.2 Å². The molecule has 7 nitrogen and oxygen atoms in total. The van der Waals surface area contributed by atoms with Crippen LogP contribution in [0.25, 0.3) is 0 Å². The van der Waals surface area contributed by atoms with Crippen LogP contribution in [0, 0.1) is 11.3 Å². The Bertz CT molecular complexity index is 636. The van der Waals surface area contributed by atoms with Crippen molar-refractivity contribution in [2.24, 2.45) is 11.3 Å². The summed E-state index contributed by atoms with van der Waals surface area (Å²) in [6.45, 7) is 15.9. The molecule has 2 heterocycles. The van der Waals surface area contributed by atoms with Gasteiger partial charge < -0.3 is 14.4 Å². The minimum absolute atomic E-state index is 0.208. The minimum atomic E-state index is -0.666. The third-order valence-electron chi connectivity index (χ3n) is 5.20. The molecule has 0 aliphatic carbocycles. The van der Waals surface area contributed by atoms with Gasteiger partial charge in [-0.15, -0.1) is 6.58 Å². The molecule has 2 aliphatic heterocycles. The Balaban J connectivity index is 2.13. The van der Waals surface area contributed by atoms with Crippen LogP contribution in [0.1, 0.15) is 60.8 Å². The molecule has 0 radical (unpaired) electrons. The van der Waals surface area contributed by atoms with Crippen molar-refractivity contribution in [3.63, 3.8) is 0 Å². The van der Waals surface area contributed by atoms with Gasteiger partial charge in [0.1, 0.15) is 11.2 Å². The summed E-state index contributed by atoms with van der Waals surface area (Å²) in [4.78, 5) is 40.8. The summed E-state index contributed by atoms with van der Waals surface area (Å²) in [5.74, 6) is -0.529. The van der Waals surface area contributed by atoms with Gasteiger partial charge in [-0.05, 0) is 60.8 Å². The second kappa shape index (κ2) is 7.76. The average molecular weight is 395 g/mol. The molecular formula is C21H34N2O5. The number of carbonyl (C=O) groups excluding carboxylic acids is 3. The first-order valence-corrected chi connectivity index (χ1v) is 9.91. The van der Waals surface area contributed by atoms with Gasteiger partial charge in [0.05, 0.1) is 0 Å². The Morgan fingerprint density at radius 1 is 1.07 bits per heavy atom. The molecule has 7 heteroatoms. The molecule has 0 bridgehead atoms. The molecule has 0 saturated carbocycles. The van der Waals surface area contributed by atoms with Crippen LogP contribution in [0.2, 0.25) is 0 Å². The predicted octanol–water partition coefficient (Wildman–Crippen LogP) is 3.97. The lowest BCUT2D eigenvalue weighted by atomic mass is 9.69. The smallest absolute Gasteiger partial charge is 0.417 e. The molecule has 0 aromatic heterocycles. The first-order chi connectivity index (χ1) is 12.8. The molecule has 0 N–H and O–H groups in total. The van der Waals surface area contributed by atoms with Crippen LogP contribution >= 0.6 is 0 Å². The predicted molar refractivity (Wildman–Crippen MR) is 106 cm³/mol. The zero-order valence-electron chi connectivity index (χ0n) is 18.0.